The van der Waals surface area contributed by atoms with Crippen LogP contribution in [0.1, 0.15) is 32.0 Å². The van der Waals surface area contributed by atoms with E-state index in [1.807, 2.05) is 25.4 Å². The van der Waals surface area contributed by atoms with Gasteiger partial charge in [0.05, 0.1) is 12.5 Å². The molecular weight excluding hydrogens is 334 g/mol. The number of rotatable bonds is 4. The molecule has 0 bridgehead atoms. The molecule has 0 amide bonds. The highest BCUT2D eigenvalue weighted by molar-refractivity contribution is 5.55. The van der Waals surface area contributed by atoms with Gasteiger partial charge in [0, 0.05) is 12.6 Å². The molecule has 26 heavy (non-hydrogen) atoms. The van der Waals surface area contributed by atoms with Crippen LogP contribution in [0.4, 0.5) is 0 Å². The van der Waals surface area contributed by atoms with Gasteiger partial charge in [0.25, 0.3) is 0 Å². The van der Waals surface area contributed by atoms with E-state index < -0.39 is 0 Å². The molecule has 9 heteroatoms. The molecule has 0 saturated carbocycles. The van der Waals surface area contributed by atoms with E-state index in [2.05, 4.69) is 46.4 Å². The summed E-state index contributed by atoms with van der Waals surface area (Å²) in [6.07, 6.45) is 3.40. The van der Waals surface area contributed by atoms with Gasteiger partial charge < -0.3 is 9.15 Å². The van der Waals surface area contributed by atoms with Crippen molar-refractivity contribution < 1.29 is 9.15 Å². The lowest BCUT2D eigenvalue weighted by atomic mass is 9.88. The molecule has 134 valence electrons. The Labute approximate surface area is 149 Å². The van der Waals surface area contributed by atoms with Gasteiger partial charge in [-0.1, -0.05) is 26.0 Å². The van der Waals surface area contributed by atoms with E-state index in [1.165, 1.54) is 0 Å². The Bertz CT molecular complexity index is 1040. The molecule has 4 heterocycles. The summed E-state index contributed by atoms with van der Waals surface area (Å²) in [4.78, 5) is 0. The Morgan fingerprint density at radius 1 is 1.19 bits per heavy atom. The van der Waals surface area contributed by atoms with Crippen molar-refractivity contribution in [1.82, 2.24) is 34.8 Å². The van der Waals surface area contributed by atoms with Crippen LogP contribution in [0.15, 0.2) is 35.1 Å². The molecule has 0 aliphatic carbocycles. The van der Waals surface area contributed by atoms with Crippen LogP contribution in [0.3, 0.4) is 0 Å². The van der Waals surface area contributed by atoms with Crippen molar-refractivity contribution in [3.63, 3.8) is 0 Å². The summed E-state index contributed by atoms with van der Waals surface area (Å²) in [6, 6.07) is 5.56. The Balaban J connectivity index is 1.78. The number of nitrogens with zero attached hydrogens (tertiary/aromatic N) is 7. The summed E-state index contributed by atoms with van der Waals surface area (Å²) < 4.78 is 14.7. The highest BCUT2D eigenvalue weighted by Gasteiger charge is 2.24. The quantitative estimate of drug-likeness (QED) is 0.556. The van der Waals surface area contributed by atoms with Crippen molar-refractivity contribution in [3.05, 3.63) is 41.9 Å². The molecule has 0 aromatic carbocycles. The van der Waals surface area contributed by atoms with E-state index >= 15 is 0 Å². The Kier molecular flexibility index (Phi) is 3.71. The Morgan fingerprint density at radius 2 is 2.04 bits per heavy atom. The zero-order valence-corrected chi connectivity index (χ0v) is 15.0. The SMILES string of the molecule is Cn1cc(COc2nn3c(-c4ccco4)nnc3cc2C(C)(C)C)nn1. The second-order valence-corrected chi connectivity index (χ2v) is 7.06. The van der Waals surface area contributed by atoms with Crippen LogP contribution in [0.2, 0.25) is 0 Å². The minimum absolute atomic E-state index is 0.177. The van der Waals surface area contributed by atoms with Gasteiger partial charge in [-0.05, 0) is 23.6 Å². The molecule has 0 unspecified atom stereocenters. The van der Waals surface area contributed by atoms with Crippen molar-refractivity contribution in [1.29, 1.82) is 0 Å². The smallest absolute Gasteiger partial charge is 0.236 e. The van der Waals surface area contributed by atoms with Gasteiger partial charge in [-0.25, -0.2) is 0 Å². The third kappa shape index (κ3) is 2.92. The van der Waals surface area contributed by atoms with Crippen LogP contribution in [-0.4, -0.2) is 34.8 Å². The summed E-state index contributed by atoms with van der Waals surface area (Å²) in [6.45, 7) is 6.56. The van der Waals surface area contributed by atoms with Crippen molar-refractivity contribution >= 4 is 5.65 Å². The van der Waals surface area contributed by atoms with E-state index in [0.29, 0.717) is 23.1 Å². The summed E-state index contributed by atoms with van der Waals surface area (Å²) in [5.74, 6) is 1.62. The first kappa shape index (κ1) is 16.2. The van der Waals surface area contributed by atoms with Crippen LogP contribution >= 0.6 is 0 Å². The topological polar surface area (TPSA) is 96.2 Å². The zero-order valence-electron chi connectivity index (χ0n) is 15.0. The monoisotopic (exact) mass is 353 g/mol. The molecule has 9 nitrogen and oxygen atoms in total. The van der Waals surface area contributed by atoms with Gasteiger partial charge >= 0.3 is 0 Å². The minimum atomic E-state index is -0.177. The maximum Gasteiger partial charge on any atom is 0.236 e. The molecule has 0 N–H and O–H groups in total. The Hall–Kier alpha value is -3.23. The number of hydrogen-bond acceptors (Lipinski definition) is 7. The van der Waals surface area contributed by atoms with Crippen molar-refractivity contribution in [2.75, 3.05) is 0 Å². The fourth-order valence-electron chi connectivity index (χ4n) is 2.62. The second kappa shape index (κ2) is 5.94. The lowest BCUT2D eigenvalue weighted by Gasteiger charge is -2.21. The van der Waals surface area contributed by atoms with E-state index in [-0.39, 0.29) is 12.0 Å². The van der Waals surface area contributed by atoms with E-state index in [4.69, 9.17) is 9.15 Å². The first-order valence-corrected chi connectivity index (χ1v) is 8.20. The predicted octanol–water partition coefficient (Wildman–Crippen LogP) is 2.39. The highest BCUT2D eigenvalue weighted by atomic mass is 16.5. The lowest BCUT2D eigenvalue weighted by molar-refractivity contribution is 0.276. The normalized spacial score (nSPS) is 12.0. The molecule has 0 spiro atoms. The van der Waals surface area contributed by atoms with E-state index in [1.54, 1.807) is 21.5 Å². The van der Waals surface area contributed by atoms with Crippen LogP contribution in [0, 0.1) is 0 Å². The molecular formula is C17H19N7O2. The second-order valence-electron chi connectivity index (χ2n) is 7.06. The maximum absolute atomic E-state index is 5.98. The van der Waals surface area contributed by atoms with Crippen LogP contribution in [-0.2, 0) is 19.1 Å². The number of furan rings is 1. The first-order valence-electron chi connectivity index (χ1n) is 8.20. The van der Waals surface area contributed by atoms with Gasteiger partial charge in [0.1, 0.15) is 12.3 Å². The van der Waals surface area contributed by atoms with E-state index in [0.717, 1.165) is 11.3 Å². The fraction of sp³-hybridized carbons (Fsp3) is 0.353. The average Bonchev–Trinajstić information content (AvgIpc) is 3.31. The van der Waals surface area contributed by atoms with Crippen LogP contribution in [0.5, 0.6) is 5.88 Å². The van der Waals surface area contributed by atoms with Crippen molar-refractivity contribution in [2.45, 2.75) is 32.8 Å². The standard InChI is InChI=1S/C17H19N7O2/c1-17(2,3)12-8-14-19-20-15(13-6-5-7-25-13)24(14)21-16(12)26-10-11-9-23(4)22-18-11/h5-9H,10H2,1-4H3. The predicted molar refractivity (Wildman–Crippen MR) is 92.5 cm³/mol. The largest absolute Gasteiger partial charge is 0.470 e. The van der Waals surface area contributed by atoms with Crippen LogP contribution in [0.25, 0.3) is 17.2 Å². The number of aromatic nitrogens is 7. The molecule has 4 aromatic rings. The van der Waals surface area contributed by atoms with Gasteiger partial charge in [-0.15, -0.1) is 20.4 Å². The summed E-state index contributed by atoms with van der Waals surface area (Å²) in [5, 5.41) is 21.0. The third-order valence-corrected chi connectivity index (χ3v) is 3.92. The molecule has 0 atom stereocenters. The van der Waals surface area contributed by atoms with Gasteiger partial charge in [0.15, 0.2) is 11.4 Å². The minimum Gasteiger partial charge on any atom is -0.470 e. The summed E-state index contributed by atoms with van der Waals surface area (Å²) in [5.41, 5.74) is 2.12. The van der Waals surface area contributed by atoms with Crippen LogP contribution < -0.4 is 4.74 Å². The third-order valence-electron chi connectivity index (χ3n) is 3.92. The fourth-order valence-corrected chi connectivity index (χ4v) is 2.62. The number of aryl methyl sites for hydroxylation is 1. The molecule has 0 aliphatic heterocycles. The first-order chi connectivity index (χ1) is 12.4. The van der Waals surface area contributed by atoms with Gasteiger partial charge in [-0.3, -0.25) is 4.68 Å². The molecule has 4 rings (SSSR count). The van der Waals surface area contributed by atoms with Crippen molar-refractivity contribution in [3.8, 4) is 17.5 Å². The molecule has 0 fully saturated rings. The Morgan fingerprint density at radius 3 is 2.69 bits per heavy atom. The molecule has 0 aliphatic rings. The highest BCUT2D eigenvalue weighted by Crippen LogP contribution is 2.32. The zero-order chi connectivity index (χ0) is 18.3. The molecule has 0 saturated heterocycles. The number of hydrogen-bond donors (Lipinski definition) is 0. The molecule has 0 radical (unpaired) electrons. The number of fused-ring (bicyclic) bond motifs is 1. The van der Waals surface area contributed by atoms with Gasteiger partial charge in [0.2, 0.25) is 11.7 Å². The molecule has 4 aromatic heterocycles. The summed E-state index contributed by atoms with van der Waals surface area (Å²) in [7, 11) is 1.81. The maximum atomic E-state index is 5.98. The summed E-state index contributed by atoms with van der Waals surface area (Å²) >= 11 is 0. The number of ether oxygens (including phenoxy) is 1. The average molecular weight is 353 g/mol. The van der Waals surface area contributed by atoms with E-state index in [9.17, 15) is 0 Å². The van der Waals surface area contributed by atoms with Crippen molar-refractivity contribution in [2.24, 2.45) is 7.05 Å². The lowest BCUT2D eigenvalue weighted by Crippen LogP contribution is -2.16. The van der Waals surface area contributed by atoms with Gasteiger partial charge in [-0.2, -0.15) is 4.52 Å².